The Labute approximate surface area is 128 Å². The number of hydrogen-bond acceptors (Lipinski definition) is 6. The summed E-state index contributed by atoms with van der Waals surface area (Å²) in [7, 11) is 3.98. The van der Waals surface area contributed by atoms with Crippen molar-refractivity contribution < 1.29 is 0 Å². The van der Waals surface area contributed by atoms with Crippen LogP contribution in [0.4, 0.5) is 5.13 Å². The van der Waals surface area contributed by atoms with E-state index >= 15 is 0 Å². The van der Waals surface area contributed by atoms with Crippen LogP contribution in [0.25, 0.3) is 0 Å². The molecule has 0 spiro atoms. The Hall–Kier alpha value is -1.08. The maximum Gasteiger partial charge on any atom is 0.208 e. The van der Waals surface area contributed by atoms with E-state index in [0.717, 1.165) is 21.8 Å². The van der Waals surface area contributed by atoms with E-state index in [0.29, 0.717) is 0 Å². The molecule has 0 aliphatic carbocycles. The molecule has 2 aromatic rings. The molecule has 0 saturated heterocycles. The predicted molar refractivity (Wildman–Crippen MR) is 85.8 cm³/mol. The highest BCUT2D eigenvalue weighted by Gasteiger charge is 2.05. The Morgan fingerprint density at radius 1 is 1.25 bits per heavy atom. The maximum absolute atomic E-state index is 4.29. The van der Waals surface area contributed by atoms with Crippen LogP contribution in [0.2, 0.25) is 0 Å². The topological polar surface area (TPSA) is 46.8 Å². The fourth-order valence-electron chi connectivity index (χ4n) is 1.74. The lowest BCUT2D eigenvalue weighted by Crippen LogP contribution is -2.07. The Bertz CT molecular complexity index is 520. The van der Waals surface area contributed by atoms with Crippen LogP contribution in [0, 0.1) is 6.92 Å². The number of anilines is 1. The molecule has 0 N–H and O–H groups in total. The summed E-state index contributed by atoms with van der Waals surface area (Å²) in [4.78, 5) is 1.99. The monoisotopic (exact) mass is 311 g/mol. The molecule has 0 aliphatic rings. The highest BCUT2D eigenvalue weighted by molar-refractivity contribution is 8.01. The van der Waals surface area contributed by atoms with E-state index in [-0.39, 0.29) is 0 Å². The van der Waals surface area contributed by atoms with Gasteiger partial charge >= 0.3 is 0 Å². The lowest BCUT2D eigenvalue weighted by Gasteiger charge is -2.03. The number of nitrogens with zero attached hydrogens (tertiary/aromatic N) is 5. The van der Waals surface area contributed by atoms with Gasteiger partial charge in [0.1, 0.15) is 0 Å². The standard InChI is InChI=1S/C13H21N5S2/c1-11-9-14-18(10-11)7-5-4-6-8-19-13-16-15-12(20-13)17(2)3/h9-10H,4-8H2,1-3H3. The zero-order valence-electron chi connectivity index (χ0n) is 12.2. The van der Waals surface area contributed by atoms with Crippen LogP contribution in [0.3, 0.4) is 0 Å². The van der Waals surface area contributed by atoms with E-state index in [2.05, 4.69) is 28.4 Å². The molecule has 0 atom stereocenters. The van der Waals surface area contributed by atoms with E-state index in [9.17, 15) is 0 Å². The average molecular weight is 311 g/mol. The van der Waals surface area contributed by atoms with E-state index in [1.54, 1.807) is 23.1 Å². The first-order valence-electron chi connectivity index (χ1n) is 6.78. The van der Waals surface area contributed by atoms with Crippen LogP contribution >= 0.6 is 23.1 Å². The highest BCUT2D eigenvalue weighted by Crippen LogP contribution is 2.27. The molecule has 7 heteroatoms. The minimum Gasteiger partial charge on any atom is -0.353 e. The number of rotatable bonds is 8. The third-order valence-electron chi connectivity index (χ3n) is 2.80. The van der Waals surface area contributed by atoms with Crippen molar-refractivity contribution in [2.24, 2.45) is 0 Å². The average Bonchev–Trinajstić information content (AvgIpc) is 3.03. The van der Waals surface area contributed by atoms with Crippen LogP contribution in [0.5, 0.6) is 0 Å². The lowest BCUT2D eigenvalue weighted by atomic mass is 10.2. The van der Waals surface area contributed by atoms with Crippen molar-refractivity contribution in [1.29, 1.82) is 0 Å². The molecule has 0 radical (unpaired) electrons. The van der Waals surface area contributed by atoms with Gasteiger partial charge in [-0.1, -0.05) is 29.5 Å². The van der Waals surface area contributed by atoms with Crippen molar-refractivity contribution in [3.05, 3.63) is 18.0 Å². The summed E-state index contributed by atoms with van der Waals surface area (Å²) in [5.41, 5.74) is 1.23. The number of hydrogen-bond donors (Lipinski definition) is 0. The smallest absolute Gasteiger partial charge is 0.208 e. The summed E-state index contributed by atoms with van der Waals surface area (Å²) in [6.45, 7) is 3.09. The molecule has 0 fully saturated rings. The Morgan fingerprint density at radius 2 is 2.10 bits per heavy atom. The Morgan fingerprint density at radius 3 is 2.75 bits per heavy atom. The van der Waals surface area contributed by atoms with Gasteiger partial charge in [0.25, 0.3) is 0 Å². The van der Waals surface area contributed by atoms with Crippen LogP contribution in [-0.2, 0) is 6.54 Å². The summed E-state index contributed by atoms with van der Waals surface area (Å²) in [5, 5.41) is 13.6. The molecular weight excluding hydrogens is 290 g/mol. The third kappa shape index (κ3) is 4.79. The molecule has 0 saturated carbocycles. The summed E-state index contributed by atoms with van der Waals surface area (Å²) < 4.78 is 3.09. The Kier molecular flexibility index (Phi) is 5.85. The summed E-state index contributed by atoms with van der Waals surface area (Å²) in [6, 6.07) is 0. The van der Waals surface area contributed by atoms with Crippen LogP contribution in [0.1, 0.15) is 24.8 Å². The SMILES string of the molecule is Cc1cnn(CCCCCSc2nnc(N(C)C)s2)c1. The van der Waals surface area contributed by atoms with Gasteiger partial charge in [-0.3, -0.25) is 4.68 Å². The second-order valence-electron chi connectivity index (χ2n) is 4.93. The molecule has 2 heterocycles. The van der Waals surface area contributed by atoms with Gasteiger partial charge in [-0.2, -0.15) is 5.10 Å². The maximum atomic E-state index is 4.29. The van der Waals surface area contributed by atoms with Gasteiger partial charge in [0.2, 0.25) is 5.13 Å². The molecule has 110 valence electrons. The molecular formula is C13H21N5S2. The molecule has 2 aromatic heterocycles. The van der Waals surface area contributed by atoms with Crippen molar-refractivity contribution in [2.45, 2.75) is 37.1 Å². The van der Waals surface area contributed by atoms with Crippen LogP contribution < -0.4 is 4.90 Å². The first-order chi connectivity index (χ1) is 9.65. The molecule has 0 aromatic carbocycles. The van der Waals surface area contributed by atoms with Gasteiger partial charge < -0.3 is 4.90 Å². The van der Waals surface area contributed by atoms with Crippen molar-refractivity contribution in [2.75, 3.05) is 24.7 Å². The molecule has 2 rings (SSSR count). The minimum atomic E-state index is 0.974. The number of thioether (sulfide) groups is 1. The summed E-state index contributed by atoms with van der Waals surface area (Å²) >= 11 is 3.46. The molecule has 0 bridgehead atoms. The lowest BCUT2D eigenvalue weighted by molar-refractivity contribution is 0.554. The van der Waals surface area contributed by atoms with Crippen molar-refractivity contribution in [3.8, 4) is 0 Å². The first kappa shape index (κ1) is 15.3. The van der Waals surface area contributed by atoms with Crippen molar-refractivity contribution in [3.63, 3.8) is 0 Å². The normalized spacial score (nSPS) is 10.9. The molecule has 0 amide bonds. The predicted octanol–water partition coefficient (Wildman–Crippen LogP) is 3.07. The minimum absolute atomic E-state index is 0.974. The van der Waals surface area contributed by atoms with Gasteiger partial charge in [0.05, 0.1) is 6.20 Å². The van der Waals surface area contributed by atoms with E-state index < -0.39 is 0 Å². The van der Waals surface area contributed by atoms with Gasteiger partial charge in [-0.05, 0) is 25.3 Å². The van der Waals surface area contributed by atoms with Crippen LogP contribution in [-0.4, -0.2) is 39.8 Å². The molecule has 5 nitrogen and oxygen atoms in total. The van der Waals surface area contributed by atoms with Crippen LogP contribution in [0.15, 0.2) is 16.7 Å². The summed E-state index contributed by atoms with van der Waals surface area (Å²) in [6.07, 6.45) is 7.63. The zero-order chi connectivity index (χ0) is 14.4. The Balaban J connectivity index is 1.57. The number of unbranched alkanes of at least 4 members (excludes halogenated alkanes) is 2. The van der Waals surface area contributed by atoms with E-state index in [1.807, 2.05) is 29.9 Å². The van der Waals surface area contributed by atoms with E-state index in [1.165, 1.54) is 24.8 Å². The van der Waals surface area contributed by atoms with Gasteiger partial charge in [-0.15, -0.1) is 10.2 Å². The van der Waals surface area contributed by atoms with Crippen molar-refractivity contribution >= 4 is 28.2 Å². The quantitative estimate of drug-likeness (QED) is 0.554. The highest BCUT2D eigenvalue weighted by atomic mass is 32.2. The van der Waals surface area contributed by atoms with Gasteiger partial charge in [0, 0.05) is 32.6 Å². The van der Waals surface area contributed by atoms with Crippen molar-refractivity contribution in [1.82, 2.24) is 20.0 Å². The fraction of sp³-hybridized carbons (Fsp3) is 0.615. The third-order valence-corrected chi connectivity index (χ3v) is 5.11. The molecule has 20 heavy (non-hydrogen) atoms. The molecule has 0 aliphatic heterocycles. The van der Waals surface area contributed by atoms with E-state index in [4.69, 9.17) is 0 Å². The zero-order valence-corrected chi connectivity index (χ0v) is 13.9. The number of aromatic nitrogens is 4. The number of aryl methyl sites for hydroxylation is 2. The second kappa shape index (κ2) is 7.64. The summed E-state index contributed by atoms with van der Waals surface area (Å²) in [5.74, 6) is 1.11. The first-order valence-corrected chi connectivity index (χ1v) is 8.58. The second-order valence-corrected chi connectivity index (χ2v) is 7.23. The largest absolute Gasteiger partial charge is 0.353 e. The fourth-order valence-corrected chi connectivity index (χ4v) is 3.58. The van der Waals surface area contributed by atoms with Gasteiger partial charge in [0.15, 0.2) is 4.34 Å². The van der Waals surface area contributed by atoms with Gasteiger partial charge in [-0.25, -0.2) is 0 Å². The molecule has 0 unspecified atom stereocenters.